The maximum atomic E-state index is 7.54. The summed E-state index contributed by atoms with van der Waals surface area (Å²) in [6, 6.07) is 11.6. The number of ether oxygens (including phenoxy) is 1. The number of benzene rings is 2. The van der Waals surface area contributed by atoms with Gasteiger partial charge in [-0.3, -0.25) is 5.41 Å². The first kappa shape index (κ1) is 14.7. The van der Waals surface area contributed by atoms with E-state index in [0.717, 1.165) is 21.5 Å². The second-order valence-corrected chi connectivity index (χ2v) is 5.89. The first-order chi connectivity index (χ1) is 9.42. The van der Waals surface area contributed by atoms with Gasteiger partial charge in [0.1, 0.15) is 5.75 Å². The molecule has 3 nitrogen and oxygen atoms in total. The van der Waals surface area contributed by atoms with Gasteiger partial charge in [-0.05, 0) is 18.6 Å². The molecular weight excluding hydrogens is 272 g/mol. The first-order valence-electron chi connectivity index (χ1n) is 6.56. The van der Waals surface area contributed by atoms with Crippen LogP contribution in [0.2, 0.25) is 5.02 Å². The molecule has 2 rings (SSSR count). The summed E-state index contributed by atoms with van der Waals surface area (Å²) in [6.45, 7) is 4.40. The predicted molar refractivity (Wildman–Crippen MR) is 84.8 cm³/mol. The van der Waals surface area contributed by atoms with Crippen LogP contribution in [0.4, 0.5) is 0 Å². The summed E-state index contributed by atoms with van der Waals surface area (Å²) < 4.78 is 5.85. The number of amidine groups is 1. The summed E-state index contributed by atoms with van der Waals surface area (Å²) in [7, 11) is 0. The summed E-state index contributed by atoms with van der Waals surface area (Å²) in [5.41, 5.74) is 5.23. The number of rotatable bonds is 5. The second-order valence-electron chi connectivity index (χ2n) is 5.49. The zero-order chi connectivity index (χ0) is 14.8. The maximum absolute atomic E-state index is 7.54. The van der Waals surface area contributed by atoms with E-state index in [-0.39, 0.29) is 11.3 Å². The molecule has 0 aliphatic rings. The van der Waals surface area contributed by atoms with Crippen LogP contribution in [0.5, 0.6) is 5.75 Å². The van der Waals surface area contributed by atoms with Crippen LogP contribution in [0.15, 0.2) is 36.4 Å². The normalized spacial score (nSPS) is 11.6. The van der Waals surface area contributed by atoms with Crippen LogP contribution >= 0.6 is 11.6 Å². The summed E-state index contributed by atoms with van der Waals surface area (Å²) in [5, 5.41) is 10.2. The minimum absolute atomic E-state index is 0.182. The van der Waals surface area contributed by atoms with Crippen LogP contribution in [0.3, 0.4) is 0 Å². The quantitative estimate of drug-likeness (QED) is 0.639. The molecule has 0 aromatic heterocycles. The van der Waals surface area contributed by atoms with Crippen molar-refractivity contribution in [2.75, 3.05) is 6.61 Å². The highest BCUT2D eigenvalue weighted by Crippen LogP contribution is 2.31. The standard InChI is InChI=1S/C16H19ClN2O/c1-16(2,15(18)19)9-10-20-14-8-7-13(17)11-5-3-4-6-12(11)14/h3-8H,9-10H2,1-2H3,(H3,18,19). The van der Waals surface area contributed by atoms with Crippen molar-refractivity contribution in [2.24, 2.45) is 11.1 Å². The Morgan fingerprint density at radius 2 is 1.85 bits per heavy atom. The second kappa shape index (κ2) is 5.71. The monoisotopic (exact) mass is 290 g/mol. The van der Waals surface area contributed by atoms with E-state index in [1.165, 1.54) is 0 Å². The van der Waals surface area contributed by atoms with Crippen LogP contribution in [0.1, 0.15) is 20.3 Å². The Labute approximate surface area is 124 Å². The number of nitrogens with two attached hydrogens (primary N) is 1. The number of hydrogen-bond donors (Lipinski definition) is 2. The molecule has 0 spiro atoms. The fraction of sp³-hybridized carbons (Fsp3) is 0.312. The van der Waals surface area contributed by atoms with Crippen molar-refractivity contribution in [2.45, 2.75) is 20.3 Å². The Morgan fingerprint density at radius 3 is 2.50 bits per heavy atom. The van der Waals surface area contributed by atoms with Crippen LogP contribution in [0, 0.1) is 10.8 Å². The summed E-state index contributed by atoms with van der Waals surface area (Å²) in [5.74, 6) is 0.992. The third-order valence-electron chi connectivity index (χ3n) is 3.54. The van der Waals surface area contributed by atoms with Gasteiger partial charge in [0.15, 0.2) is 0 Å². The largest absolute Gasteiger partial charge is 0.493 e. The van der Waals surface area contributed by atoms with Gasteiger partial charge in [0.05, 0.1) is 12.4 Å². The molecule has 106 valence electrons. The molecule has 0 fully saturated rings. The zero-order valence-electron chi connectivity index (χ0n) is 11.7. The number of hydrogen-bond acceptors (Lipinski definition) is 2. The van der Waals surface area contributed by atoms with E-state index in [1.54, 1.807) is 0 Å². The van der Waals surface area contributed by atoms with Crippen LogP contribution < -0.4 is 10.5 Å². The fourth-order valence-corrected chi connectivity index (χ4v) is 2.14. The highest BCUT2D eigenvalue weighted by molar-refractivity contribution is 6.35. The molecule has 3 N–H and O–H groups in total. The maximum Gasteiger partial charge on any atom is 0.127 e. The van der Waals surface area contributed by atoms with Gasteiger partial charge in [0, 0.05) is 21.2 Å². The van der Waals surface area contributed by atoms with Crippen molar-refractivity contribution in [3.05, 3.63) is 41.4 Å². The lowest BCUT2D eigenvalue weighted by Crippen LogP contribution is -2.32. The number of halogens is 1. The van der Waals surface area contributed by atoms with Gasteiger partial charge < -0.3 is 10.5 Å². The molecule has 0 aliphatic carbocycles. The topological polar surface area (TPSA) is 59.1 Å². The van der Waals surface area contributed by atoms with Crippen molar-refractivity contribution in [1.82, 2.24) is 0 Å². The molecule has 0 bridgehead atoms. The third kappa shape index (κ3) is 3.05. The van der Waals surface area contributed by atoms with Gasteiger partial charge in [0.2, 0.25) is 0 Å². The lowest BCUT2D eigenvalue weighted by molar-refractivity contribution is 0.271. The van der Waals surface area contributed by atoms with Gasteiger partial charge in [0.25, 0.3) is 0 Å². The molecule has 2 aromatic rings. The molecule has 0 aliphatic heterocycles. The fourth-order valence-electron chi connectivity index (χ4n) is 1.91. The third-order valence-corrected chi connectivity index (χ3v) is 3.87. The summed E-state index contributed by atoms with van der Waals surface area (Å²) >= 11 is 6.18. The van der Waals surface area contributed by atoms with Crippen molar-refractivity contribution >= 4 is 28.2 Å². The van der Waals surface area contributed by atoms with Crippen LogP contribution in [-0.2, 0) is 0 Å². The molecule has 0 radical (unpaired) electrons. The molecule has 0 unspecified atom stereocenters. The minimum atomic E-state index is -0.345. The smallest absolute Gasteiger partial charge is 0.127 e. The summed E-state index contributed by atoms with van der Waals surface area (Å²) in [6.07, 6.45) is 0.694. The van der Waals surface area contributed by atoms with Gasteiger partial charge in [-0.2, -0.15) is 0 Å². The van der Waals surface area contributed by atoms with E-state index >= 15 is 0 Å². The molecule has 4 heteroatoms. The highest BCUT2D eigenvalue weighted by atomic mass is 35.5. The Balaban J connectivity index is 2.15. The molecule has 0 amide bonds. The van der Waals surface area contributed by atoms with Gasteiger partial charge in [-0.1, -0.05) is 49.7 Å². The van der Waals surface area contributed by atoms with E-state index in [2.05, 4.69) is 0 Å². The van der Waals surface area contributed by atoms with E-state index in [4.69, 9.17) is 27.5 Å². The highest BCUT2D eigenvalue weighted by Gasteiger charge is 2.21. The lowest BCUT2D eigenvalue weighted by atomic mass is 9.88. The van der Waals surface area contributed by atoms with E-state index in [9.17, 15) is 0 Å². The number of fused-ring (bicyclic) bond motifs is 1. The molecular formula is C16H19ClN2O. The molecule has 2 aromatic carbocycles. The van der Waals surface area contributed by atoms with Crippen LogP contribution in [0.25, 0.3) is 10.8 Å². The molecule has 20 heavy (non-hydrogen) atoms. The Kier molecular flexibility index (Phi) is 4.19. The molecule has 0 atom stereocenters. The molecule has 0 heterocycles. The Morgan fingerprint density at radius 1 is 1.20 bits per heavy atom. The predicted octanol–water partition coefficient (Wildman–Crippen LogP) is 4.22. The van der Waals surface area contributed by atoms with Gasteiger partial charge >= 0.3 is 0 Å². The zero-order valence-corrected chi connectivity index (χ0v) is 12.5. The van der Waals surface area contributed by atoms with Crippen LogP contribution in [-0.4, -0.2) is 12.4 Å². The molecule has 0 saturated carbocycles. The lowest BCUT2D eigenvalue weighted by Gasteiger charge is -2.23. The molecule has 0 saturated heterocycles. The Bertz CT molecular complexity index is 637. The average Bonchev–Trinajstić information content (AvgIpc) is 2.41. The van der Waals surface area contributed by atoms with E-state index < -0.39 is 0 Å². The average molecular weight is 291 g/mol. The van der Waals surface area contributed by atoms with Gasteiger partial charge in [-0.25, -0.2) is 0 Å². The van der Waals surface area contributed by atoms with E-state index in [0.29, 0.717) is 13.0 Å². The van der Waals surface area contributed by atoms with Crippen molar-refractivity contribution in [3.63, 3.8) is 0 Å². The number of nitrogens with one attached hydrogen (secondary N) is 1. The Hall–Kier alpha value is -1.74. The minimum Gasteiger partial charge on any atom is -0.493 e. The van der Waals surface area contributed by atoms with Crippen molar-refractivity contribution < 1.29 is 4.74 Å². The van der Waals surface area contributed by atoms with E-state index in [1.807, 2.05) is 50.2 Å². The van der Waals surface area contributed by atoms with Crippen molar-refractivity contribution in [3.8, 4) is 5.75 Å². The van der Waals surface area contributed by atoms with Crippen molar-refractivity contribution in [1.29, 1.82) is 5.41 Å². The SMILES string of the molecule is CC(C)(CCOc1ccc(Cl)c2ccccc12)C(=N)N. The summed E-state index contributed by atoms with van der Waals surface area (Å²) in [4.78, 5) is 0. The van der Waals surface area contributed by atoms with Gasteiger partial charge in [-0.15, -0.1) is 0 Å². The first-order valence-corrected chi connectivity index (χ1v) is 6.94.